The summed E-state index contributed by atoms with van der Waals surface area (Å²) in [6.45, 7) is 2.30. The summed E-state index contributed by atoms with van der Waals surface area (Å²) in [6, 6.07) is 21.1. The maximum Gasteiger partial charge on any atom is 0.243 e. The molecule has 0 unspecified atom stereocenters. The van der Waals surface area contributed by atoms with Crippen LogP contribution in [0.2, 0.25) is 5.02 Å². The number of carbonyl (C=O) groups is 2. The number of nitrogens with one attached hydrogen (secondary N) is 1. The molecule has 0 saturated carbocycles. The van der Waals surface area contributed by atoms with Gasteiger partial charge >= 0.3 is 0 Å². The van der Waals surface area contributed by atoms with E-state index in [2.05, 4.69) is 5.32 Å². The lowest BCUT2D eigenvalue weighted by atomic mass is 10.0. The van der Waals surface area contributed by atoms with Crippen LogP contribution in [0.15, 0.2) is 78.9 Å². The minimum atomic E-state index is -3.65. The summed E-state index contributed by atoms with van der Waals surface area (Å²) >= 11 is 6.07. The second-order valence-electron chi connectivity index (χ2n) is 9.53. The van der Waals surface area contributed by atoms with Crippen molar-refractivity contribution in [2.75, 3.05) is 23.7 Å². The molecule has 40 heavy (non-hydrogen) atoms. The van der Waals surface area contributed by atoms with Gasteiger partial charge in [-0.2, -0.15) is 0 Å². The number of carbonyl (C=O) groups excluding carboxylic acids is 2. The molecule has 0 bridgehead atoms. The number of anilines is 1. The third-order valence-electron chi connectivity index (χ3n) is 6.37. The monoisotopic (exact) mass is 587 g/mol. The van der Waals surface area contributed by atoms with Crippen LogP contribution >= 0.6 is 11.6 Å². The van der Waals surface area contributed by atoms with E-state index in [-0.39, 0.29) is 49.7 Å². The van der Waals surface area contributed by atoms with Crippen molar-refractivity contribution in [2.24, 2.45) is 0 Å². The Balaban J connectivity index is 1.88. The summed E-state index contributed by atoms with van der Waals surface area (Å²) in [5.41, 5.74) is 1.54. The first-order valence-corrected chi connectivity index (χ1v) is 15.4. The van der Waals surface area contributed by atoms with Gasteiger partial charge in [0, 0.05) is 43.1 Å². The Bertz CT molecular complexity index is 1390. The summed E-state index contributed by atoms with van der Waals surface area (Å²) in [7, 11) is -3.65. The Morgan fingerprint density at radius 3 is 2.35 bits per heavy atom. The SMILES string of the molecule is CCCNC(=O)[C@@H](Cc1ccccc1)N(Cc1ccccc1F)C(=O)CCCN(c1cccc(Cl)c1)S(C)(=O)=O. The Morgan fingerprint density at radius 1 is 1.00 bits per heavy atom. The molecular formula is C30H35ClFN3O4S. The number of nitrogens with zero attached hydrogens (tertiary/aromatic N) is 2. The standard InChI is InChI=1S/C30H35ClFN3O4S/c1-3-18-33-30(37)28(20-23-11-5-4-6-12-23)34(22-24-13-7-8-16-27(24)32)29(36)17-10-19-35(40(2,38)39)26-15-9-14-25(31)21-26/h4-9,11-16,21,28H,3,10,17-20,22H2,1-2H3,(H,33,37)/t28-/m1/s1. The number of amides is 2. The maximum atomic E-state index is 14.7. The fourth-order valence-corrected chi connectivity index (χ4v) is 5.51. The highest BCUT2D eigenvalue weighted by Gasteiger charge is 2.31. The normalized spacial score (nSPS) is 12.0. The van der Waals surface area contributed by atoms with Gasteiger partial charge in [-0.25, -0.2) is 12.8 Å². The first-order valence-electron chi connectivity index (χ1n) is 13.2. The van der Waals surface area contributed by atoms with Crippen LogP contribution in [0.3, 0.4) is 0 Å². The molecule has 0 heterocycles. The average molecular weight is 588 g/mol. The van der Waals surface area contributed by atoms with Crippen LogP contribution in [0.1, 0.15) is 37.3 Å². The lowest BCUT2D eigenvalue weighted by molar-refractivity contribution is -0.141. The lowest BCUT2D eigenvalue weighted by Crippen LogP contribution is -2.50. The molecule has 0 fully saturated rings. The van der Waals surface area contributed by atoms with E-state index in [4.69, 9.17) is 11.6 Å². The molecular weight excluding hydrogens is 553 g/mol. The zero-order chi connectivity index (χ0) is 29.1. The van der Waals surface area contributed by atoms with Gasteiger partial charge in [0.05, 0.1) is 11.9 Å². The van der Waals surface area contributed by atoms with Gasteiger partial charge in [0.2, 0.25) is 21.8 Å². The minimum Gasteiger partial charge on any atom is -0.354 e. The highest BCUT2D eigenvalue weighted by atomic mass is 35.5. The zero-order valence-corrected chi connectivity index (χ0v) is 24.3. The number of benzene rings is 3. The van der Waals surface area contributed by atoms with Crippen LogP contribution in [0.5, 0.6) is 0 Å². The van der Waals surface area contributed by atoms with Gasteiger partial charge < -0.3 is 10.2 Å². The smallest absolute Gasteiger partial charge is 0.243 e. The van der Waals surface area contributed by atoms with Crippen molar-refractivity contribution in [3.63, 3.8) is 0 Å². The second kappa shape index (κ2) is 14.8. The summed E-state index contributed by atoms with van der Waals surface area (Å²) in [5.74, 6) is -1.18. The predicted octanol–water partition coefficient (Wildman–Crippen LogP) is 5.19. The molecule has 10 heteroatoms. The summed E-state index contributed by atoms with van der Waals surface area (Å²) in [5, 5.41) is 3.27. The largest absolute Gasteiger partial charge is 0.354 e. The zero-order valence-electron chi connectivity index (χ0n) is 22.7. The molecule has 0 spiro atoms. The van der Waals surface area contributed by atoms with Crippen LogP contribution in [0.25, 0.3) is 0 Å². The van der Waals surface area contributed by atoms with Gasteiger partial charge in [-0.1, -0.05) is 73.1 Å². The molecule has 1 atom stereocenters. The van der Waals surface area contributed by atoms with E-state index in [0.717, 1.165) is 18.2 Å². The number of hydrogen-bond acceptors (Lipinski definition) is 4. The Morgan fingerprint density at radius 2 is 1.70 bits per heavy atom. The van der Waals surface area contributed by atoms with Crippen LogP contribution in [0, 0.1) is 5.82 Å². The Kier molecular flexibility index (Phi) is 11.5. The van der Waals surface area contributed by atoms with Crippen molar-refractivity contribution in [2.45, 2.75) is 45.2 Å². The van der Waals surface area contributed by atoms with E-state index in [1.165, 1.54) is 15.3 Å². The highest BCUT2D eigenvalue weighted by Crippen LogP contribution is 2.23. The Hall–Kier alpha value is -3.43. The van der Waals surface area contributed by atoms with Crippen molar-refractivity contribution in [3.8, 4) is 0 Å². The van der Waals surface area contributed by atoms with E-state index in [0.29, 0.717) is 17.3 Å². The fourth-order valence-electron chi connectivity index (χ4n) is 4.37. The summed E-state index contributed by atoms with van der Waals surface area (Å²) < 4.78 is 40.9. The third kappa shape index (κ3) is 9.06. The van der Waals surface area contributed by atoms with Gasteiger partial charge in [0.25, 0.3) is 0 Å². The van der Waals surface area contributed by atoms with Crippen molar-refractivity contribution in [1.82, 2.24) is 10.2 Å². The molecule has 0 aromatic heterocycles. The topological polar surface area (TPSA) is 86.8 Å². The van der Waals surface area contributed by atoms with Crippen molar-refractivity contribution in [1.29, 1.82) is 0 Å². The maximum absolute atomic E-state index is 14.7. The molecule has 0 radical (unpaired) electrons. The first-order chi connectivity index (χ1) is 19.1. The van der Waals surface area contributed by atoms with E-state index in [1.807, 2.05) is 37.3 Å². The summed E-state index contributed by atoms with van der Waals surface area (Å²) in [6.07, 6.45) is 2.19. The molecule has 7 nitrogen and oxygen atoms in total. The van der Waals surface area contributed by atoms with Gasteiger partial charge in [-0.05, 0) is 42.7 Å². The van der Waals surface area contributed by atoms with Crippen LogP contribution in [0.4, 0.5) is 10.1 Å². The molecule has 3 aromatic carbocycles. The molecule has 2 amide bonds. The molecule has 3 rings (SSSR count). The fraction of sp³-hybridized carbons (Fsp3) is 0.333. The molecule has 0 aliphatic rings. The van der Waals surface area contributed by atoms with E-state index < -0.39 is 21.9 Å². The van der Waals surface area contributed by atoms with Crippen molar-refractivity contribution >= 4 is 39.1 Å². The lowest BCUT2D eigenvalue weighted by Gasteiger charge is -2.32. The van der Waals surface area contributed by atoms with E-state index >= 15 is 0 Å². The number of rotatable bonds is 14. The van der Waals surface area contributed by atoms with Crippen molar-refractivity contribution in [3.05, 3.63) is 101 Å². The van der Waals surface area contributed by atoms with Crippen molar-refractivity contribution < 1.29 is 22.4 Å². The second-order valence-corrected chi connectivity index (χ2v) is 11.9. The molecule has 3 aromatic rings. The quantitative estimate of drug-likeness (QED) is 0.281. The molecule has 0 aliphatic heterocycles. The number of halogens is 2. The van der Waals surface area contributed by atoms with Gasteiger partial charge in [0.15, 0.2) is 0 Å². The van der Waals surface area contributed by atoms with Gasteiger partial charge in [0.1, 0.15) is 11.9 Å². The molecule has 0 saturated heterocycles. The van der Waals surface area contributed by atoms with Crippen LogP contribution in [-0.4, -0.2) is 50.5 Å². The van der Waals surface area contributed by atoms with E-state index in [9.17, 15) is 22.4 Å². The van der Waals surface area contributed by atoms with Gasteiger partial charge in [-0.15, -0.1) is 0 Å². The van der Waals surface area contributed by atoms with E-state index in [1.54, 1.807) is 42.5 Å². The average Bonchev–Trinajstić information content (AvgIpc) is 2.92. The molecule has 0 aliphatic carbocycles. The molecule has 214 valence electrons. The molecule has 1 N–H and O–H groups in total. The minimum absolute atomic E-state index is 0.0316. The third-order valence-corrected chi connectivity index (χ3v) is 7.80. The Labute approximate surface area is 241 Å². The highest BCUT2D eigenvalue weighted by molar-refractivity contribution is 7.92. The van der Waals surface area contributed by atoms with Gasteiger partial charge in [-0.3, -0.25) is 13.9 Å². The predicted molar refractivity (Wildman–Crippen MR) is 157 cm³/mol. The number of hydrogen-bond donors (Lipinski definition) is 1. The first kappa shape index (κ1) is 31.1. The van der Waals surface area contributed by atoms with Crippen LogP contribution in [-0.2, 0) is 32.6 Å². The number of sulfonamides is 1. The van der Waals surface area contributed by atoms with Crippen LogP contribution < -0.4 is 9.62 Å². The summed E-state index contributed by atoms with van der Waals surface area (Å²) in [4.78, 5) is 28.5.